The summed E-state index contributed by atoms with van der Waals surface area (Å²) >= 11 is 0. The third-order valence-electron chi connectivity index (χ3n) is 5.17. The summed E-state index contributed by atoms with van der Waals surface area (Å²) in [6.45, 7) is 3.16. The fourth-order valence-electron chi connectivity index (χ4n) is 3.38. The first-order valence-electron chi connectivity index (χ1n) is 9.06. The maximum absolute atomic E-state index is 13.8. The molecule has 2 N–H and O–H groups in total. The molecule has 1 aliphatic heterocycles. The normalized spacial score (nSPS) is 15.7. The first-order chi connectivity index (χ1) is 13.3. The van der Waals surface area contributed by atoms with Crippen molar-refractivity contribution in [3.63, 3.8) is 0 Å². The quantitative estimate of drug-likeness (QED) is 0.713. The molecule has 150 valence electrons. The zero-order chi connectivity index (χ0) is 20.4. The third kappa shape index (κ3) is 3.90. The lowest BCUT2D eigenvalue weighted by Gasteiger charge is -2.34. The maximum Gasteiger partial charge on any atom is 0.332 e. The highest BCUT2D eigenvalue weighted by Crippen LogP contribution is 2.13. The number of aromatic nitrogens is 2. The molecule has 0 amide bonds. The fourth-order valence-corrected chi connectivity index (χ4v) is 3.38. The van der Waals surface area contributed by atoms with Gasteiger partial charge in [0, 0.05) is 52.4 Å². The van der Waals surface area contributed by atoms with E-state index in [0.29, 0.717) is 38.3 Å². The van der Waals surface area contributed by atoms with Gasteiger partial charge in [0.05, 0.1) is 6.54 Å². The van der Waals surface area contributed by atoms with Crippen molar-refractivity contribution in [2.45, 2.75) is 6.54 Å². The summed E-state index contributed by atoms with van der Waals surface area (Å²) in [5.74, 6) is -0.742. The lowest BCUT2D eigenvalue weighted by molar-refractivity contribution is 0.0840. The summed E-state index contributed by atoms with van der Waals surface area (Å²) in [6, 6.07) is 6.69. The number of ketones is 1. The Morgan fingerprint density at radius 2 is 1.64 bits per heavy atom. The number of nitrogens with zero attached hydrogens (tertiary/aromatic N) is 4. The number of benzene rings is 1. The largest absolute Gasteiger partial charge is 0.384 e. The minimum Gasteiger partial charge on any atom is -0.384 e. The molecule has 2 aromatic rings. The number of halogens is 1. The van der Waals surface area contributed by atoms with E-state index in [1.807, 2.05) is 11.0 Å². The third-order valence-corrected chi connectivity index (χ3v) is 5.17. The average molecular weight is 389 g/mol. The maximum atomic E-state index is 13.8. The highest BCUT2D eigenvalue weighted by molar-refractivity contribution is 6.01. The molecule has 0 saturated carbocycles. The van der Waals surface area contributed by atoms with Gasteiger partial charge in [0.2, 0.25) is 0 Å². The van der Waals surface area contributed by atoms with Crippen LogP contribution in [0.4, 0.5) is 10.2 Å². The van der Waals surface area contributed by atoms with Gasteiger partial charge in [-0.05, 0) is 6.07 Å². The zero-order valence-electron chi connectivity index (χ0n) is 16.0. The molecule has 3 rings (SSSR count). The Morgan fingerprint density at radius 3 is 2.29 bits per heavy atom. The number of piperazine rings is 1. The van der Waals surface area contributed by atoms with Crippen LogP contribution in [0.25, 0.3) is 0 Å². The van der Waals surface area contributed by atoms with Crippen LogP contribution >= 0.6 is 0 Å². The van der Waals surface area contributed by atoms with Crippen molar-refractivity contribution in [3.05, 3.63) is 62.0 Å². The predicted molar refractivity (Wildman–Crippen MR) is 104 cm³/mol. The van der Waals surface area contributed by atoms with Gasteiger partial charge in [-0.25, -0.2) is 9.18 Å². The van der Waals surface area contributed by atoms with Crippen LogP contribution in [0, 0.1) is 5.82 Å². The molecule has 28 heavy (non-hydrogen) atoms. The standard InChI is InChI=1S/C19H24FN5O3/c1-22-17(21)16(18(27)23(2)19(22)28)15(26)12-25-9-7-24(8-10-25)11-13-5-3-4-6-14(13)20/h3-6H,7-12,21H2,1-2H3. The highest BCUT2D eigenvalue weighted by atomic mass is 19.1. The first kappa shape index (κ1) is 20.0. The summed E-state index contributed by atoms with van der Waals surface area (Å²) < 4.78 is 15.8. The monoisotopic (exact) mass is 389 g/mol. The number of carbonyl (C=O) groups is 1. The van der Waals surface area contributed by atoms with Crippen molar-refractivity contribution in [2.75, 3.05) is 38.5 Å². The van der Waals surface area contributed by atoms with Gasteiger partial charge in [0.25, 0.3) is 5.56 Å². The molecule has 1 aliphatic rings. The van der Waals surface area contributed by atoms with E-state index in [2.05, 4.69) is 4.90 Å². The van der Waals surface area contributed by atoms with Crippen LogP contribution < -0.4 is 17.0 Å². The molecule has 1 aromatic carbocycles. The summed E-state index contributed by atoms with van der Waals surface area (Å²) in [5, 5.41) is 0. The number of Topliss-reactive ketones (excluding diaryl/α,β-unsaturated/α-hetero) is 1. The summed E-state index contributed by atoms with van der Waals surface area (Å²) in [7, 11) is 2.75. The van der Waals surface area contributed by atoms with Gasteiger partial charge in [0.1, 0.15) is 17.2 Å². The number of rotatable bonds is 5. The first-order valence-corrected chi connectivity index (χ1v) is 9.06. The van der Waals surface area contributed by atoms with E-state index in [4.69, 9.17) is 5.73 Å². The van der Waals surface area contributed by atoms with Crippen LogP contribution in [-0.4, -0.2) is 57.4 Å². The average Bonchev–Trinajstić information content (AvgIpc) is 2.68. The summed E-state index contributed by atoms with van der Waals surface area (Å²) in [4.78, 5) is 40.9. The van der Waals surface area contributed by atoms with Crippen LogP contribution in [0.3, 0.4) is 0 Å². The van der Waals surface area contributed by atoms with Crippen LogP contribution in [0.2, 0.25) is 0 Å². The van der Waals surface area contributed by atoms with Gasteiger partial charge in [-0.15, -0.1) is 0 Å². The smallest absolute Gasteiger partial charge is 0.332 e. The predicted octanol–water partition coefficient (Wildman–Crippen LogP) is -0.194. The second-order valence-corrected chi connectivity index (χ2v) is 7.03. The Hall–Kier alpha value is -2.78. The molecule has 1 saturated heterocycles. The molecule has 0 bridgehead atoms. The Labute approximate surface area is 161 Å². The second-order valence-electron chi connectivity index (χ2n) is 7.03. The molecule has 0 atom stereocenters. The fraction of sp³-hybridized carbons (Fsp3) is 0.421. The molecule has 1 aromatic heterocycles. The van der Waals surface area contributed by atoms with Crippen LogP contribution in [0.15, 0.2) is 33.9 Å². The molecule has 0 aliphatic carbocycles. The van der Waals surface area contributed by atoms with Crippen molar-refractivity contribution < 1.29 is 9.18 Å². The molecule has 0 spiro atoms. The lowest BCUT2D eigenvalue weighted by Crippen LogP contribution is -2.49. The van der Waals surface area contributed by atoms with Crippen molar-refractivity contribution >= 4 is 11.6 Å². The van der Waals surface area contributed by atoms with Gasteiger partial charge < -0.3 is 5.73 Å². The number of anilines is 1. The van der Waals surface area contributed by atoms with Crippen LogP contribution in [0.5, 0.6) is 0 Å². The Morgan fingerprint density at radius 1 is 1.04 bits per heavy atom. The zero-order valence-corrected chi connectivity index (χ0v) is 16.0. The summed E-state index contributed by atoms with van der Waals surface area (Å²) in [6.07, 6.45) is 0. The molecule has 1 fully saturated rings. The Kier molecular flexibility index (Phi) is 5.76. The van der Waals surface area contributed by atoms with Gasteiger partial charge in [-0.1, -0.05) is 18.2 Å². The molecule has 2 heterocycles. The Bertz CT molecular complexity index is 1010. The SMILES string of the molecule is Cn1c(N)c(C(=O)CN2CCN(Cc3ccccc3F)CC2)c(=O)n(C)c1=O. The van der Waals surface area contributed by atoms with E-state index in [1.165, 1.54) is 20.2 Å². The molecular formula is C19H24FN5O3. The number of hydrogen-bond acceptors (Lipinski definition) is 6. The van der Waals surface area contributed by atoms with E-state index in [-0.39, 0.29) is 23.7 Å². The van der Waals surface area contributed by atoms with Gasteiger partial charge in [-0.3, -0.25) is 28.5 Å². The summed E-state index contributed by atoms with van der Waals surface area (Å²) in [5.41, 5.74) is 5.09. The van der Waals surface area contributed by atoms with E-state index in [9.17, 15) is 18.8 Å². The number of nitrogens with two attached hydrogens (primary N) is 1. The number of nitrogen functional groups attached to an aromatic ring is 1. The molecule has 0 unspecified atom stereocenters. The molecule has 8 nitrogen and oxygen atoms in total. The topological polar surface area (TPSA) is 93.6 Å². The van der Waals surface area contributed by atoms with Crippen LogP contribution in [0.1, 0.15) is 15.9 Å². The van der Waals surface area contributed by atoms with Crippen molar-refractivity contribution in [1.29, 1.82) is 0 Å². The van der Waals surface area contributed by atoms with Crippen molar-refractivity contribution in [2.24, 2.45) is 14.1 Å². The van der Waals surface area contributed by atoms with E-state index in [1.54, 1.807) is 12.1 Å². The van der Waals surface area contributed by atoms with Crippen LogP contribution in [-0.2, 0) is 20.6 Å². The van der Waals surface area contributed by atoms with Crippen molar-refractivity contribution in [1.82, 2.24) is 18.9 Å². The molecular weight excluding hydrogens is 365 g/mol. The molecule has 0 radical (unpaired) electrons. The minimum absolute atomic E-state index is 0.0468. The van der Waals surface area contributed by atoms with E-state index in [0.717, 1.165) is 9.13 Å². The van der Waals surface area contributed by atoms with Crippen molar-refractivity contribution in [3.8, 4) is 0 Å². The second kappa shape index (κ2) is 8.07. The lowest BCUT2D eigenvalue weighted by atomic mass is 10.1. The number of hydrogen-bond donors (Lipinski definition) is 1. The van der Waals surface area contributed by atoms with E-state index >= 15 is 0 Å². The number of carbonyl (C=O) groups excluding carboxylic acids is 1. The highest BCUT2D eigenvalue weighted by Gasteiger charge is 2.24. The van der Waals surface area contributed by atoms with Gasteiger partial charge in [-0.2, -0.15) is 0 Å². The minimum atomic E-state index is -0.677. The van der Waals surface area contributed by atoms with E-state index < -0.39 is 17.0 Å². The van der Waals surface area contributed by atoms with Gasteiger partial charge in [0.15, 0.2) is 5.78 Å². The van der Waals surface area contributed by atoms with Gasteiger partial charge >= 0.3 is 5.69 Å². The molecule has 9 heteroatoms. The Balaban J connectivity index is 1.64.